The van der Waals surface area contributed by atoms with Crippen LogP contribution in [0.4, 0.5) is 0 Å². The van der Waals surface area contributed by atoms with Crippen molar-refractivity contribution in [1.82, 2.24) is 0 Å². The van der Waals surface area contributed by atoms with Crippen LogP contribution in [0.3, 0.4) is 0 Å². The van der Waals surface area contributed by atoms with Gasteiger partial charge in [0.1, 0.15) is 23.8 Å². The van der Waals surface area contributed by atoms with E-state index in [-0.39, 0.29) is 5.60 Å². The highest BCUT2D eigenvalue weighted by atomic mass is 16.5. The second-order valence-electron chi connectivity index (χ2n) is 5.06. The van der Waals surface area contributed by atoms with Crippen molar-refractivity contribution < 1.29 is 19.4 Å². The smallest absolute Gasteiger partial charge is 0.134 e. The molecular weight excluding hydrogens is 246 g/mol. The van der Waals surface area contributed by atoms with Gasteiger partial charge in [0.15, 0.2) is 0 Å². The quantitative estimate of drug-likeness (QED) is 0.656. The summed E-state index contributed by atoms with van der Waals surface area (Å²) >= 11 is 0. The first-order chi connectivity index (χ1) is 9.05. The van der Waals surface area contributed by atoms with Gasteiger partial charge < -0.3 is 19.4 Å². The van der Waals surface area contributed by atoms with Crippen LogP contribution in [0.5, 0.6) is 11.5 Å². The zero-order valence-corrected chi connectivity index (χ0v) is 11.5. The summed E-state index contributed by atoms with van der Waals surface area (Å²) in [5.41, 5.74) is 1.17. The van der Waals surface area contributed by atoms with Crippen LogP contribution < -0.4 is 9.47 Å². The van der Waals surface area contributed by atoms with Crippen molar-refractivity contribution in [1.29, 1.82) is 0 Å². The molecule has 104 valence electrons. The minimum Gasteiger partial charge on any atom is -0.493 e. The van der Waals surface area contributed by atoms with Crippen LogP contribution >= 0.6 is 0 Å². The Labute approximate surface area is 112 Å². The number of hydrogen-bond donors (Lipinski definition) is 1. The molecule has 5 nitrogen and oxygen atoms in total. The van der Waals surface area contributed by atoms with E-state index in [0.29, 0.717) is 24.7 Å². The van der Waals surface area contributed by atoms with Gasteiger partial charge in [-0.25, -0.2) is 0 Å². The Kier molecular flexibility index (Phi) is 3.95. The minimum atomic E-state index is -0.191. The molecule has 0 aromatic heterocycles. The predicted octanol–water partition coefficient (Wildman–Crippen LogP) is 2.45. The molecule has 1 aliphatic rings. The van der Waals surface area contributed by atoms with Gasteiger partial charge in [0.25, 0.3) is 0 Å². The highest BCUT2D eigenvalue weighted by Crippen LogP contribution is 2.30. The normalized spacial score (nSPS) is 16.3. The number of ether oxygens (including phenoxy) is 3. The second-order valence-corrected chi connectivity index (χ2v) is 5.06. The van der Waals surface area contributed by atoms with Crippen LogP contribution in [-0.2, 0) is 4.74 Å². The van der Waals surface area contributed by atoms with Crippen molar-refractivity contribution in [3.63, 3.8) is 0 Å². The summed E-state index contributed by atoms with van der Waals surface area (Å²) in [7, 11) is 1.69. The lowest BCUT2D eigenvalue weighted by Crippen LogP contribution is -2.25. The maximum atomic E-state index is 8.80. The minimum absolute atomic E-state index is 0.191. The molecule has 5 heteroatoms. The average molecular weight is 265 g/mol. The zero-order valence-electron chi connectivity index (χ0n) is 11.5. The molecule has 0 amide bonds. The summed E-state index contributed by atoms with van der Waals surface area (Å²) in [4.78, 5) is 0. The van der Waals surface area contributed by atoms with Crippen LogP contribution in [-0.4, -0.2) is 36.8 Å². The fourth-order valence-electron chi connectivity index (χ4n) is 1.77. The van der Waals surface area contributed by atoms with Crippen molar-refractivity contribution in [2.75, 3.05) is 20.3 Å². The molecule has 0 unspecified atom stereocenters. The number of rotatable bonds is 5. The van der Waals surface area contributed by atoms with Gasteiger partial charge >= 0.3 is 0 Å². The molecule has 0 bridgehead atoms. The van der Waals surface area contributed by atoms with Crippen LogP contribution in [0.25, 0.3) is 0 Å². The Hall–Kier alpha value is -1.75. The van der Waals surface area contributed by atoms with E-state index in [1.165, 1.54) is 0 Å². The Morgan fingerprint density at radius 1 is 1.42 bits per heavy atom. The van der Waals surface area contributed by atoms with E-state index in [0.717, 1.165) is 17.7 Å². The van der Waals surface area contributed by atoms with Gasteiger partial charge in [0, 0.05) is 25.2 Å². The van der Waals surface area contributed by atoms with Crippen molar-refractivity contribution >= 4 is 5.71 Å². The highest BCUT2D eigenvalue weighted by Gasteiger charge is 2.21. The number of benzene rings is 1. The molecule has 0 spiro atoms. The summed E-state index contributed by atoms with van der Waals surface area (Å²) in [6, 6.07) is 5.50. The van der Waals surface area contributed by atoms with Crippen molar-refractivity contribution in [3.8, 4) is 11.5 Å². The maximum Gasteiger partial charge on any atom is 0.134 e. The third-order valence-corrected chi connectivity index (χ3v) is 3.27. The third kappa shape index (κ3) is 3.17. The van der Waals surface area contributed by atoms with E-state index < -0.39 is 0 Å². The fraction of sp³-hybridized carbons (Fsp3) is 0.500. The molecule has 1 aromatic carbocycles. The molecule has 0 aliphatic carbocycles. The standard InChI is InChI=1S/C14H19NO4/c1-14(2,17-3)6-7-18-10-4-5-11-12(15-16)9-19-13(11)8-10/h4-5,8,16H,6-7,9H2,1-3H3/b15-12+. The molecule has 1 aromatic rings. The first kappa shape index (κ1) is 13.7. The molecule has 19 heavy (non-hydrogen) atoms. The fourth-order valence-corrected chi connectivity index (χ4v) is 1.77. The zero-order chi connectivity index (χ0) is 13.9. The van der Waals surface area contributed by atoms with Gasteiger partial charge in [-0.3, -0.25) is 0 Å². The molecule has 1 aliphatic heterocycles. The van der Waals surface area contributed by atoms with Gasteiger partial charge in [-0.1, -0.05) is 5.16 Å². The van der Waals surface area contributed by atoms with Gasteiger partial charge in [-0.05, 0) is 26.0 Å². The lowest BCUT2D eigenvalue weighted by molar-refractivity contribution is 0.00545. The summed E-state index contributed by atoms with van der Waals surface area (Å²) < 4.78 is 16.4. The van der Waals surface area contributed by atoms with Crippen molar-refractivity contribution in [2.45, 2.75) is 25.9 Å². The molecule has 0 fully saturated rings. The van der Waals surface area contributed by atoms with Crippen LogP contribution in [0.2, 0.25) is 0 Å². The summed E-state index contributed by atoms with van der Waals surface area (Å²) in [6.45, 7) is 4.91. The number of hydrogen-bond acceptors (Lipinski definition) is 5. The lowest BCUT2D eigenvalue weighted by atomic mass is 10.1. The highest BCUT2D eigenvalue weighted by molar-refractivity contribution is 6.05. The molecule has 1 N–H and O–H groups in total. The third-order valence-electron chi connectivity index (χ3n) is 3.27. The van der Waals surface area contributed by atoms with Gasteiger partial charge in [-0.2, -0.15) is 0 Å². The first-order valence-corrected chi connectivity index (χ1v) is 6.22. The Balaban J connectivity index is 1.97. The Morgan fingerprint density at radius 3 is 2.89 bits per heavy atom. The largest absolute Gasteiger partial charge is 0.493 e. The summed E-state index contributed by atoms with van der Waals surface area (Å²) in [6.07, 6.45) is 0.796. The number of oxime groups is 1. The van der Waals surface area contributed by atoms with Gasteiger partial charge in [-0.15, -0.1) is 0 Å². The van der Waals surface area contributed by atoms with E-state index >= 15 is 0 Å². The maximum absolute atomic E-state index is 8.80. The van der Waals surface area contributed by atoms with Gasteiger partial charge in [0.05, 0.1) is 12.2 Å². The van der Waals surface area contributed by atoms with E-state index in [9.17, 15) is 0 Å². The second kappa shape index (κ2) is 5.48. The molecule has 0 radical (unpaired) electrons. The molecule has 2 rings (SSSR count). The molecule has 0 saturated carbocycles. The van der Waals surface area contributed by atoms with Gasteiger partial charge in [0.2, 0.25) is 0 Å². The Morgan fingerprint density at radius 2 is 2.21 bits per heavy atom. The van der Waals surface area contributed by atoms with E-state index in [1.54, 1.807) is 7.11 Å². The SMILES string of the molecule is COC(C)(C)CCOc1ccc2c(c1)OC/C2=N\O. The first-order valence-electron chi connectivity index (χ1n) is 6.22. The topological polar surface area (TPSA) is 60.3 Å². The summed E-state index contributed by atoms with van der Waals surface area (Å²) in [5, 5.41) is 12.0. The van der Waals surface area contributed by atoms with Crippen LogP contribution in [0, 0.1) is 0 Å². The summed E-state index contributed by atoms with van der Waals surface area (Å²) in [5.74, 6) is 1.43. The molecule has 0 atom stereocenters. The van der Waals surface area contributed by atoms with Crippen LogP contribution in [0.15, 0.2) is 23.4 Å². The monoisotopic (exact) mass is 265 g/mol. The van der Waals surface area contributed by atoms with Crippen molar-refractivity contribution in [3.05, 3.63) is 23.8 Å². The average Bonchev–Trinajstić information content (AvgIpc) is 2.81. The number of fused-ring (bicyclic) bond motifs is 1. The lowest BCUT2D eigenvalue weighted by Gasteiger charge is -2.22. The van der Waals surface area contributed by atoms with E-state index in [1.807, 2.05) is 32.0 Å². The molecule has 1 heterocycles. The number of methoxy groups -OCH3 is 1. The van der Waals surface area contributed by atoms with E-state index in [2.05, 4.69) is 5.16 Å². The number of nitrogens with zero attached hydrogens (tertiary/aromatic N) is 1. The van der Waals surface area contributed by atoms with E-state index in [4.69, 9.17) is 19.4 Å². The van der Waals surface area contributed by atoms with Crippen LogP contribution in [0.1, 0.15) is 25.8 Å². The Bertz CT molecular complexity index is 482. The van der Waals surface area contributed by atoms with Crippen molar-refractivity contribution in [2.24, 2.45) is 5.16 Å². The molecular formula is C14H19NO4. The molecule has 0 saturated heterocycles. The predicted molar refractivity (Wildman–Crippen MR) is 71.5 cm³/mol.